The van der Waals surface area contributed by atoms with Crippen molar-refractivity contribution < 1.29 is 0 Å². The molecule has 0 heterocycles. The summed E-state index contributed by atoms with van der Waals surface area (Å²) in [4.78, 5) is 0. The van der Waals surface area contributed by atoms with Crippen LogP contribution in [0.1, 0.15) is 72.6 Å². The van der Waals surface area contributed by atoms with E-state index in [1.165, 1.54) is 44.9 Å². The maximum absolute atomic E-state index is 6.00. The standard InChI is InChI=1S/C14H31N/c1-5-8-10-14(7-3,12-15)11-13(4)9-6-2/h13H,5-12,15H2,1-4H3. The minimum Gasteiger partial charge on any atom is -0.330 e. The minimum atomic E-state index is 0.435. The molecule has 1 nitrogen and oxygen atoms in total. The third-order valence-corrected chi connectivity index (χ3v) is 3.81. The highest BCUT2D eigenvalue weighted by Crippen LogP contribution is 2.35. The van der Waals surface area contributed by atoms with E-state index in [9.17, 15) is 0 Å². The van der Waals surface area contributed by atoms with E-state index in [0.717, 1.165) is 12.5 Å². The molecule has 0 fully saturated rings. The van der Waals surface area contributed by atoms with Gasteiger partial charge in [0, 0.05) is 0 Å². The lowest BCUT2D eigenvalue weighted by Crippen LogP contribution is -2.31. The summed E-state index contributed by atoms with van der Waals surface area (Å²) in [6.07, 6.45) is 9.19. The normalized spacial score (nSPS) is 17.4. The Hall–Kier alpha value is -0.0400. The van der Waals surface area contributed by atoms with Gasteiger partial charge in [-0.15, -0.1) is 0 Å². The van der Waals surface area contributed by atoms with Crippen molar-refractivity contribution in [3.05, 3.63) is 0 Å². The highest BCUT2D eigenvalue weighted by Gasteiger charge is 2.27. The molecule has 0 saturated carbocycles. The molecule has 0 aromatic carbocycles. The van der Waals surface area contributed by atoms with Crippen LogP contribution in [0.3, 0.4) is 0 Å². The Labute approximate surface area is 96.8 Å². The smallest absolute Gasteiger partial charge is 0.00205 e. The summed E-state index contributed by atoms with van der Waals surface area (Å²) in [5.41, 5.74) is 6.44. The van der Waals surface area contributed by atoms with E-state index in [0.29, 0.717) is 5.41 Å². The Kier molecular flexibility index (Phi) is 8.13. The molecule has 0 radical (unpaired) electrons. The first kappa shape index (κ1) is 15.0. The summed E-state index contributed by atoms with van der Waals surface area (Å²) < 4.78 is 0. The fraction of sp³-hybridized carbons (Fsp3) is 1.00. The van der Waals surface area contributed by atoms with Gasteiger partial charge in [-0.2, -0.15) is 0 Å². The third-order valence-electron chi connectivity index (χ3n) is 3.81. The van der Waals surface area contributed by atoms with Crippen LogP contribution in [0.5, 0.6) is 0 Å². The predicted octanol–water partition coefficient (Wildman–Crippen LogP) is 4.36. The van der Waals surface area contributed by atoms with Crippen LogP contribution in [0.4, 0.5) is 0 Å². The molecule has 2 unspecified atom stereocenters. The summed E-state index contributed by atoms with van der Waals surface area (Å²) >= 11 is 0. The molecule has 0 amide bonds. The van der Waals surface area contributed by atoms with Crippen molar-refractivity contribution in [2.45, 2.75) is 72.6 Å². The van der Waals surface area contributed by atoms with E-state index < -0.39 is 0 Å². The molecule has 0 aliphatic heterocycles. The van der Waals surface area contributed by atoms with E-state index in [1.807, 2.05) is 0 Å². The van der Waals surface area contributed by atoms with Gasteiger partial charge in [0.25, 0.3) is 0 Å². The minimum absolute atomic E-state index is 0.435. The van der Waals surface area contributed by atoms with Gasteiger partial charge < -0.3 is 5.73 Å². The van der Waals surface area contributed by atoms with Crippen molar-refractivity contribution in [3.8, 4) is 0 Å². The van der Waals surface area contributed by atoms with Crippen molar-refractivity contribution in [2.75, 3.05) is 6.54 Å². The first-order valence-corrected chi connectivity index (χ1v) is 6.84. The van der Waals surface area contributed by atoms with Gasteiger partial charge in [0.15, 0.2) is 0 Å². The molecule has 15 heavy (non-hydrogen) atoms. The molecule has 0 aromatic heterocycles. The van der Waals surface area contributed by atoms with Gasteiger partial charge >= 0.3 is 0 Å². The monoisotopic (exact) mass is 213 g/mol. The van der Waals surface area contributed by atoms with Gasteiger partial charge in [-0.25, -0.2) is 0 Å². The van der Waals surface area contributed by atoms with Crippen LogP contribution in [0.2, 0.25) is 0 Å². The van der Waals surface area contributed by atoms with E-state index in [1.54, 1.807) is 0 Å². The molecule has 2 N–H and O–H groups in total. The van der Waals surface area contributed by atoms with E-state index >= 15 is 0 Å². The zero-order chi connectivity index (χ0) is 11.7. The molecule has 2 atom stereocenters. The Bertz CT molecular complexity index is 138. The van der Waals surface area contributed by atoms with Crippen LogP contribution in [0, 0.1) is 11.3 Å². The zero-order valence-corrected chi connectivity index (χ0v) is 11.3. The average molecular weight is 213 g/mol. The molecule has 0 rings (SSSR count). The maximum Gasteiger partial charge on any atom is -0.00205 e. The van der Waals surface area contributed by atoms with Gasteiger partial charge in [-0.05, 0) is 37.1 Å². The molecule has 92 valence electrons. The van der Waals surface area contributed by atoms with Crippen molar-refractivity contribution in [3.63, 3.8) is 0 Å². The van der Waals surface area contributed by atoms with Crippen LogP contribution in [-0.4, -0.2) is 6.54 Å². The van der Waals surface area contributed by atoms with Crippen molar-refractivity contribution in [1.29, 1.82) is 0 Å². The number of hydrogen-bond acceptors (Lipinski definition) is 1. The first-order valence-electron chi connectivity index (χ1n) is 6.84. The summed E-state index contributed by atoms with van der Waals surface area (Å²) in [6.45, 7) is 10.1. The van der Waals surface area contributed by atoms with Gasteiger partial charge in [0.05, 0.1) is 0 Å². The van der Waals surface area contributed by atoms with Gasteiger partial charge in [-0.3, -0.25) is 0 Å². The highest BCUT2D eigenvalue weighted by atomic mass is 14.6. The predicted molar refractivity (Wildman–Crippen MR) is 70.0 cm³/mol. The van der Waals surface area contributed by atoms with Crippen LogP contribution in [-0.2, 0) is 0 Å². The lowest BCUT2D eigenvalue weighted by atomic mass is 9.73. The largest absolute Gasteiger partial charge is 0.330 e. The van der Waals surface area contributed by atoms with E-state index in [2.05, 4.69) is 27.7 Å². The fourth-order valence-corrected chi connectivity index (χ4v) is 2.64. The van der Waals surface area contributed by atoms with E-state index in [4.69, 9.17) is 5.73 Å². The van der Waals surface area contributed by atoms with Crippen LogP contribution in [0.15, 0.2) is 0 Å². The van der Waals surface area contributed by atoms with Gasteiger partial charge in [0.2, 0.25) is 0 Å². The molecule has 0 bridgehead atoms. The zero-order valence-electron chi connectivity index (χ0n) is 11.3. The number of unbranched alkanes of at least 4 members (excludes halogenated alkanes) is 1. The van der Waals surface area contributed by atoms with Crippen LogP contribution in [0.25, 0.3) is 0 Å². The Morgan fingerprint density at radius 3 is 2.20 bits per heavy atom. The second-order valence-corrected chi connectivity index (χ2v) is 5.26. The molecule has 0 saturated heterocycles. The maximum atomic E-state index is 6.00. The topological polar surface area (TPSA) is 26.0 Å². The fourth-order valence-electron chi connectivity index (χ4n) is 2.64. The molecule has 1 heteroatoms. The van der Waals surface area contributed by atoms with Gasteiger partial charge in [0.1, 0.15) is 0 Å². The molecule has 0 aromatic rings. The van der Waals surface area contributed by atoms with Gasteiger partial charge in [-0.1, -0.05) is 53.4 Å². The lowest BCUT2D eigenvalue weighted by molar-refractivity contribution is 0.191. The first-order chi connectivity index (χ1) is 7.14. The van der Waals surface area contributed by atoms with Crippen molar-refractivity contribution >= 4 is 0 Å². The molecule has 0 spiro atoms. The third kappa shape index (κ3) is 5.55. The molecular weight excluding hydrogens is 182 g/mol. The quantitative estimate of drug-likeness (QED) is 0.605. The Morgan fingerprint density at radius 1 is 1.13 bits per heavy atom. The number of nitrogens with two attached hydrogens (primary N) is 1. The molecular formula is C14H31N. The van der Waals surface area contributed by atoms with Crippen molar-refractivity contribution in [2.24, 2.45) is 17.1 Å². The second-order valence-electron chi connectivity index (χ2n) is 5.26. The van der Waals surface area contributed by atoms with Crippen LogP contribution < -0.4 is 5.73 Å². The SMILES string of the molecule is CCCCC(CC)(CN)CC(C)CCC. The van der Waals surface area contributed by atoms with Crippen molar-refractivity contribution in [1.82, 2.24) is 0 Å². The lowest BCUT2D eigenvalue weighted by Gasteiger charge is -2.34. The second kappa shape index (κ2) is 8.15. The summed E-state index contributed by atoms with van der Waals surface area (Å²) in [7, 11) is 0. The number of rotatable bonds is 9. The number of hydrogen-bond donors (Lipinski definition) is 1. The molecule has 0 aliphatic carbocycles. The summed E-state index contributed by atoms with van der Waals surface area (Å²) in [6, 6.07) is 0. The van der Waals surface area contributed by atoms with Crippen LogP contribution >= 0.6 is 0 Å². The molecule has 0 aliphatic rings. The van der Waals surface area contributed by atoms with E-state index in [-0.39, 0.29) is 0 Å². The Morgan fingerprint density at radius 2 is 1.80 bits per heavy atom. The summed E-state index contributed by atoms with van der Waals surface area (Å²) in [5.74, 6) is 0.843. The average Bonchev–Trinajstić information content (AvgIpc) is 2.25. The Balaban J connectivity index is 4.21. The summed E-state index contributed by atoms with van der Waals surface area (Å²) in [5, 5.41) is 0. The highest BCUT2D eigenvalue weighted by molar-refractivity contribution is 4.80.